The highest BCUT2D eigenvalue weighted by atomic mass is 19.1. The Hall–Kier alpha value is -2.23. The average molecular weight is 261 g/mol. The van der Waals surface area contributed by atoms with Crippen LogP contribution in [0.4, 0.5) is 14.5 Å². The number of ketones is 1. The number of halogens is 2. The number of nitrogens with two attached hydrogens (primary N) is 1. The molecule has 0 aliphatic rings. The lowest BCUT2D eigenvalue weighted by molar-refractivity contribution is 0.103. The van der Waals surface area contributed by atoms with Crippen LogP contribution < -0.4 is 5.73 Å². The van der Waals surface area contributed by atoms with Gasteiger partial charge in [0.2, 0.25) is 0 Å². The first kappa shape index (κ1) is 13.2. The molecule has 0 aliphatic heterocycles. The van der Waals surface area contributed by atoms with E-state index in [9.17, 15) is 13.6 Å². The van der Waals surface area contributed by atoms with Crippen molar-refractivity contribution in [3.8, 4) is 0 Å². The number of anilines is 1. The third-order valence-corrected chi connectivity index (χ3v) is 2.97. The maximum Gasteiger partial charge on any atom is 0.199 e. The summed E-state index contributed by atoms with van der Waals surface area (Å²) in [4.78, 5) is 12.2. The monoisotopic (exact) mass is 261 g/mol. The van der Waals surface area contributed by atoms with Gasteiger partial charge in [-0.15, -0.1) is 0 Å². The molecule has 2 aromatic carbocycles. The van der Waals surface area contributed by atoms with E-state index in [0.717, 1.165) is 17.7 Å². The zero-order valence-corrected chi connectivity index (χ0v) is 10.6. The van der Waals surface area contributed by atoms with Crippen molar-refractivity contribution in [2.75, 3.05) is 5.73 Å². The highest BCUT2D eigenvalue weighted by Crippen LogP contribution is 2.23. The lowest BCUT2D eigenvalue weighted by atomic mass is 9.96. The molecule has 2 aromatic rings. The van der Waals surface area contributed by atoms with E-state index < -0.39 is 23.0 Å². The van der Waals surface area contributed by atoms with Crippen LogP contribution in [0.2, 0.25) is 0 Å². The third kappa shape index (κ3) is 2.34. The number of aryl methyl sites for hydroxylation is 2. The maximum atomic E-state index is 13.8. The number of nitrogen functional groups attached to an aromatic ring is 1. The van der Waals surface area contributed by atoms with Crippen LogP contribution in [-0.2, 0) is 0 Å². The summed E-state index contributed by atoms with van der Waals surface area (Å²) in [7, 11) is 0. The number of benzene rings is 2. The average Bonchev–Trinajstić information content (AvgIpc) is 2.34. The molecular formula is C15H13F2NO. The predicted molar refractivity (Wildman–Crippen MR) is 70.1 cm³/mol. The van der Waals surface area contributed by atoms with E-state index in [1.165, 1.54) is 0 Å². The Morgan fingerprint density at radius 3 is 2.42 bits per heavy atom. The molecule has 0 heterocycles. The van der Waals surface area contributed by atoms with Gasteiger partial charge in [-0.1, -0.05) is 23.8 Å². The highest BCUT2D eigenvalue weighted by molar-refractivity contribution is 6.10. The van der Waals surface area contributed by atoms with Gasteiger partial charge in [-0.2, -0.15) is 0 Å². The van der Waals surface area contributed by atoms with Crippen molar-refractivity contribution in [2.45, 2.75) is 13.8 Å². The number of hydrogen-bond acceptors (Lipinski definition) is 2. The van der Waals surface area contributed by atoms with Crippen molar-refractivity contribution in [3.05, 3.63) is 64.2 Å². The van der Waals surface area contributed by atoms with Gasteiger partial charge in [0.1, 0.15) is 5.82 Å². The quantitative estimate of drug-likeness (QED) is 0.665. The normalized spacial score (nSPS) is 10.5. The Labute approximate surface area is 109 Å². The summed E-state index contributed by atoms with van der Waals surface area (Å²) >= 11 is 0. The molecule has 0 aliphatic carbocycles. The Kier molecular flexibility index (Phi) is 3.34. The molecule has 0 amide bonds. The van der Waals surface area contributed by atoms with Gasteiger partial charge in [-0.3, -0.25) is 4.79 Å². The molecule has 2 nitrogen and oxygen atoms in total. The van der Waals surface area contributed by atoms with E-state index in [4.69, 9.17) is 5.73 Å². The standard InChI is InChI=1S/C15H13F2NO/c1-8-3-4-10(9(2)7-8)15(19)13-11(16)5-6-12(18)14(13)17/h3-7H,18H2,1-2H3. The second-order valence-corrected chi connectivity index (χ2v) is 4.47. The lowest BCUT2D eigenvalue weighted by Gasteiger charge is -2.09. The molecule has 0 unspecified atom stereocenters. The van der Waals surface area contributed by atoms with Crippen LogP contribution in [0.25, 0.3) is 0 Å². The first-order valence-electron chi connectivity index (χ1n) is 5.77. The van der Waals surface area contributed by atoms with Crippen LogP contribution in [0.1, 0.15) is 27.0 Å². The van der Waals surface area contributed by atoms with Crippen LogP contribution in [0, 0.1) is 25.5 Å². The molecule has 98 valence electrons. The fourth-order valence-corrected chi connectivity index (χ4v) is 1.98. The Bertz CT molecular complexity index is 665. The highest BCUT2D eigenvalue weighted by Gasteiger charge is 2.22. The van der Waals surface area contributed by atoms with Gasteiger partial charge in [0.25, 0.3) is 0 Å². The largest absolute Gasteiger partial charge is 0.396 e. The second-order valence-electron chi connectivity index (χ2n) is 4.47. The van der Waals surface area contributed by atoms with Gasteiger partial charge >= 0.3 is 0 Å². The van der Waals surface area contributed by atoms with Gasteiger partial charge in [0.05, 0.1) is 11.3 Å². The van der Waals surface area contributed by atoms with Crippen LogP contribution in [0.15, 0.2) is 30.3 Å². The smallest absolute Gasteiger partial charge is 0.199 e. The Morgan fingerprint density at radius 2 is 1.79 bits per heavy atom. The van der Waals surface area contributed by atoms with Gasteiger partial charge in [0.15, 0.2) is 11.6 Å². The van der Waals surface area contributed by atoms with E-state index in [1.54, 1.807) is 25.1 Å². The van der Waals surface area contributed by atoms with Gasteiger partial charge in [-0.25, -0.2) is 8.78 Å². The van der Waals surface area contributed by atoms with Gasteiger partial charge < -0.3 is 5.73 Å². The van der Waals surface area contributed by atoms with E-state index in [-0.39, 0.29) is 11.3 Å². The van der Waals surface area contributed by atoms with Crippen LogP contribution in [0.5, 0.6) is 0 Å². The molecule has 0 spiro atoms. The zero-order chi connectivity index (χ0) is 14.2. The van der Waals surface area contributed by atoms with E-state index in [2.05, 4.69) is 0 Å². The first-order valence-corrected chi connectivity index (χ1v) is 5.77. The van der Waals surface area contributed by atoms with Crippen molar-refractivity contribution >= 4 is 11.5 Å². The van der Waals surface area contributed by atoms with Crippen molar-refractivity contribution in [1.29, 1.82) is 0 Å². The summed E-state index contributed by atoms with van der Waals surface area (Å²) in [5, 5.41) is 0. The maximum absolute atomic E-state index is 13.8. The minimum atomic E-state index is -1.01. The van der Waals surface area contributed by atoms with Crippen LogP contribution in [0.3, 0.4) is 0 Å². The summed E-state index contributed by atoms with van der Waals surface area (Å²) in [6.45, 7) is 3.60. The summed E-state index contributed by atoms with van der Waals surface area (Å²) in [6.07, 6.45) is 0. The molecule has 0 aromatic heterocycles. The lowest BCUT2D eigenvalue weighted by Crippen LogP contribution is -2.11. The predicted octanol–water partition coefficient (Wildman–Crippen LogP) is 3.39. The fourth-order valence-electron chi connectivity index (χ4n) is 1.98. The summed E-state index contributed by atoms with van der Waals surface area (Å²) < 4.78 is 27.5. The molecule has 2 N–H and O–H groups in total. The van der Waals surface area contributed by atoms with Crippen molar-refractivity contribution in [2.24, 2.45) is 0 Å². The molecule has 0 bridgehead atoms. The van der Waals surface area contributed by atoms with Crippen molar-refractivity contribution in [3.63, 3.8) is 0 Å². The fraction of sp³-hybridized carbons (Fsp3) is 0.133. The number of hydrogen-bond donors (Lipinski definition) is 1. The molecule has 0 saturated heterocycles. The molecule has 2 rings (SSSR count). The molecule has 0 fully saturated rings. The van der Waals surface area contributed by atoms with Gasteiger partial charge in [-0.05, 0) is 31.5 Å². The molecule has 0 saturated carbocycles. The molecule has 0 radical (unpaired) electrons. The Morgan fingerprint density at radius 1 is 1.11 bits per heavy atom. The van der Waals surface area contributed by atoms with E-state index in [0.29, 0.717) is 5.56 Å². The third-order valence-electron chi connectivity index (χ3n) is 2.97. The molecule has 19 heavy (non-hydrogen) atoms. The summed E-state index contributed by atoms with van der Waals surface area (Å²) in [6, 6.07) is 7.17. The number of carbonyl (C=O) groups is 1. The topological polar surface area (TPSA) is 43.1 Å². The van der Waals surface area contributed by atoms with E-state index >= 15 is 0 Å². The zero-order valence-electron chi connectivity index (χ0n) is 10.6. The first-order chi connectivity index (χ1) is 8.91. The van der Waals surface area contributed by atoms with Crippen LogP contribution >= 0.6 is 0 Å². The molecule has 4 heteroatoms. The Balaban J connectivity index is 2.59. The summed E-state index contributed by atoms with van der Waals surface area (Å²) in [5.74, 6) is -2.61. The van der Waals surface area contributed by atoms with Gasteiger partial charge in [0, 0.05) is 5.56 Å². The van der Waals surface area contributed by atoms with Crippen LogP contribution in [-0.4, -0.2) is 5.78 Å². The minimum Gasteiger partial charge on any atom is -0.396 e. The second kappa shape index (κ2) is 4.80. The molecule has 0 atom stereocenters. The number of carbonyl (C=O) groups excluding carboxylic acids is 1. The number of rotatable bonds is 2. The van der Waals surface area contributed by atoms with Crippen molar-refractivity contribution in [1.82, 2.24) is 0 Å². The van der Waals surface area contributed by atoms with Crippen molar-refractivity contribution < 1.29 is 13.6 Å². The summed E-state index contributed by atoms with van der Waals surface area (Å²) in [5.41, 5.74) is 6.45. The molecular weight excluding hydrogens is 248 g/mol. The SMILES string of the molecule is Cc1ccc(C(=O)c2c(F)ccc(N)c2F)c(C)c1. The van der Waals surface area contributed by atoms with E-state index in [1.807, 2.05) is 6.92 Å². The minimum absolute atomic E-state index is 0.241.